The fourth-order valence-corrected chi connectivity index (χ4v) is 2.65. The molecule has 0 unspecified atom stereocenters. The third-order valence-corrected chi connectivity index (χ3v) is 3.59. The quantitative estimate of drug-likeness (QED) is 0.575. The summed E-state index contributed by atoms with van der Waals surface area (Å²) in [7, 11) is 0. The molecule has 0 bridgehead atoms. The minimum atomic E-state index is 0.235. The number of thioether (sulfide) groups is 2. The van der Waals surface area contributed by atoms with Crippen molar-refractivity contribution < 1.29 is 4.79 Å². The minimum absolute atomic E-state index is 0.235. The molecule has 0 fully saturated rings. The molecule has 1 aromatic rings. The van der Waals surface area contributed by atoms with Gasteiger partial charge in [-0.25, -0.2) is 0 Å². The van der Waals surface area contributed by atoms with Crippen molar-refractivity contribution in [1.82, 2.24) is 0 Å². The van der Waals surface area contributed by atoms with Crippen molar-refractivity contribution in [2.45, 2.75) is 23.1 Å². The van der Waals surface area contributed by atoms with Gasteiger partial charge in [-0.15, -0.1) is 23.5 Å². The lowest BCUT2D eigenvalue weighted by Crippen LogP contribution is -2.01. The first-order valence-corrected chi connectivity index (χ1v) is 6.93. The molecule has 0 spiro atoms. The Kier molecular flexibility index (Phi) is 4.55. The van der Waals surface area contributed by atoms with Gasteiger partial charge in [0.15, 0.2) is 5.78 Å². The summed E-state index contributed by atoms with van der Waals surface area (Å²) in [6.45, 7) is 1.91. The molecule has 0 atom stereocenters. The molecule has 0 aliphatic heterocycles. The van der Waals surface area contributed by atoms with E-state index in [1.54, 1.807) is 23.5 Å². The molecule has 0 radical (unpaired) electrons. The Morgan fingerprint density at radius 3 is 2.07 bits per heavy atom. The molecule has 0 N–H and O–H groups in total. The van der Waals surface area contributed by atoms with Gasteiger partial charge < -0.3 is 0 Å². The molecule has 0 heterocycles. The minimum Gasteiger partial charge on any atom is -0.294 e. The molecule has 3 heteroatoms. The van der Waals surface area contributed by atoms with Crippen LogP contribution >= 0.6 is 23.5 Å². The molecule has 0 saturated carbocycles. The predicted molar refractivity (Wildman–Crippen MR) is 64.6 cm³/mol. The standard InChI is InChI=1S/C11H14OS2/c1-4-8(12)11-9(13-2)6-5-7-10(11)14-3/h5-7H,4H2,1-3H3. The summed E-state index contributed by atoms with van der Waals surface area (Å²) >= 11 is 3.27. The number of rotatable bonds is 4. The van der Waals surface area contributed by atoms with E-state index in [2.05, 4.69) is 0 Å². The second kappa shape index (κ2) is 5.47. The molecule has 14 heavy (non-hydrogen) atoms. The van der Waals surface area contributed by atoms with Crippen LogP contribution in [0.1, 0.15) is 23.7 Å². The van der Waals surface area contributed by atoms with E-state index in [9.17, 15) is 4.79 Å². The lowest BCUT2D eigenvalue weighted by Gasteiger charge is -2.09. The second-order valence-electron chi connectivity index (χ2n) is 2.81. The smallest absolute Gasteiger partial charge is 0.164 e. The van der Waals surface area contributed by atoms with Crippen molar-refractivity contribution in [3.63, 3.8) is 0 Å². The summed E-state index contributed by atoms with van der Waals surface area (Å²) in [4.78, 5) is 13.9. The summed E-state index contributed by atoms with van der Waals surface area (Å²) in [6, 6.07) is 6.02. The lowest BCUT2D eigenvalue weighted by molar-refractivity contribution is 0.0982. The van der Waals surface area contributed by atoms with Crippen molar-refractivity contribution in [3.05, 3.63) is 23.8 Å². The summed E-state index contributed by atoms with van der Waals surface area (Å²) < 4.78 is 0. The van der Waals surface area contributed by atoms with Gasteiger partial charge in [0.05, 0.1) is 0 Å². The SMILES string of the molecule is CCC(=O)c1c(SC)cccc1SC. The number of ketones is 1. The van der Waals surface area contributed by atoms with Gasteiger partial charge in [0, 0.05) is 21.8 Å². The molecule has 1 rings (SSSR count). The Morgan fingerprint density at radius 1 is 1.21 bits per heavy atom. The molecule has 1 aromatic carbocycles. The monoisotopic (exact) mass is 226 g/mol. The molecular formula is C11H14OS2. The number of carbonyl (C=O) groups excluding carboxylic acids is 1. The third kappa shape index (κ3) is 2.34. The van der Waals surface area contributed by atoms with Crippen LogP contribution in [-0.4, -0.2) is 18.3 Å². The van der Waals surface area contributed by atoms with Crippen LogP contribution in [0, 0.1) is 0 Å². The van der Waals surface area contributed by atoms with Crippen LogP contribution in [0.25, 0.3) is 0 Å². The van der Waals surface area contributed by atoms with Crippen LogP contribution in [0.3, 0.4) is 0 Å². The maximum Gasteiger partial charge on any atom is 0.164 e. The van der Waals surface area contributed by atoms with Gasteiger partial charge in [-0.2, -0.15) is 0 Å². The summed E-state index contributed by atoms with van der Waals surface area (Å²) in [5.74, 6) is 0.235. The molecule has 0 aliphatic carbocycles. The van der Waals surface area contributed by atoms with E-state index in [0.29, 0.717) is 6.42 Å². The first-order valence-electron chi connectivity index (χ1n) is 4.48. The molecule has 0 aliphatic rings. The summed E-state index contributed by atoms with van der Waals surface area (Å²) in [5, 5.41) is 0. The second-order valence-corrected chi connectivity index (χ2v) is 4.51. The van der Waals surface area contributed by atoms with Crippen LogP contribution in [0.4, 0.5) is 0 Å². The highest BCUT2D eigenvalue weighted by molar-refractivity contribution is 7.99. The zero-order chi connectivity index (χ0) is 10.6. The summed E-state index contributed by atoms with van der Waals surface area (Å²) in [6.07, 6.45) is 4.59. The van der Waals surface area contributed by atoms with Gasteiger partial charge >= 0.3 is 0 Å². The van der Waals surface area contributed by atoms with Crippen LogP contribution in [0.2, 0.25) is 0 Å². The largest absolute Gasteiger partial charge is 0.294 e. The topological polar surface area (TPSA) is 17.1 Å². The average molecular weight is 226 g/mol. The van der Waals surface area contributed by atoms with Crippen LogP contribution in [-0.2, 0) is 0 Å². The first-order chi connectivity index (χ1) is 6.74. The molecule has 0 saturated heterocycles. The van der Waals surface area contributed by atoms with Gasteiger partial charge in [0.1, 0.15) is 0 Å². The average Bonchev–Trinajstić information content (AvgIpc) is 2.26. The molecule has 1 nitrogen and oxygen atoms in total. The first kappa shape index (κ1) is 11.7. The summed E-state index contributed by atoms with van der Waals surface area (Å²) in [5.41, 5.74) is 0.898. The van der Waals surface area contributed by atoms with Crippen molar-refractivity contribution in [2.75, 3.05) is 12.5 Å². The van der Waals surface area contributed by atoms with Crippen molar-refractivity contribution in [2.24, 2.45) is 0 Å². The lowest BCUT2D eigenvalue weighted by atomic mass is 10.1. The van der Waals surface area contributed by atoms with E-state index >= 15 is 0 Å². The zero-order valence-electron chi connectivity index (χ0n) is 8.66. The van der Waals surface area contributed by atoms with E-state index in [1.165, 1.54) is 0 Å². The number of hydrogen-bond acceptors (Lipinski definition) is 3. The molecule has 76 valence electrons. The maximum absolute atomic E-state index is 11.7. The van der Waals surface area contributed by atoms with E-state index in [1.807, 2.05) is 37.6 Å². The Morgan fingerprint density at radius 2 is 1.71 bits per heavy atom. The van der Waals surface area contributed by atoms with Gasteiger partial charge in [0.2, 0.25) is 0 Å². The van der Waals surface area contributed by atoms with E-state index in [4.69, 9.17) is 0 Å². The third-order valence-electron chi connectivity index (χ3n) is 2.03. The Labute approximate surface area is 93.7 Å². The number of carbonyl (C=O) groups is 1. The van der Waals surface area contributed by atoms with Crippen LogP contribution in [0.15, 0.2) is 28.0 Å². The predicted octanol–water partition coefficient (Wildman–Crippen LogP) is 3.72. The number of Topliss-reactive ketones (excluding diaryl/α,β-unsaturated/α-hetero) is 1. The van der Waals surface area contributed by atoms with Gasteiger partial charge in [-0.05, 0) is 24.6 Å². The molecule has 0 aromatic heterocycles. The highest BCUT2D eigenvalue weighted by Crippen LogP contribution is 2.29. The zero-order valence-corrected chi connectivity index (χ0v) is 10.3. The highest BCUT2D eigenvalue weighted by atomic mass is 32.2. The molecular weight excluding hydrogens is 212 g/mol. The Hall–Kier alpha value is -0.410. The van der Waals surface area contributed by atoms with Gasteiger partial charge in [-0.1, -0.05) is 13.0 Å². The van der Waals surface area contributed by atoms with E-state index in [0.717, 1.165) is 15.4 Å². The Balaban J connectivity index is 3.25. The molecule has 0 amide bonds. The highest BCUT2D eigenvalue weighted by Gasteiger charge is 2.13. The van der Waals surface area contributed by atoms with Gasteiger partial charge in [0.25, 0.3) is 0 Å². The van der Waals surface area contributed by atoms with Crippen LogP contribution < -0.4 is 0 Å². The van der Waals surface area contributed by atoms with E-state index in [-0.39, 0.29) is 5.78 Å². The van der Waals surface area contributed by atoms with Crippen molar-refractivity contribution >= 4 is 29.3 Å². The fourth-order valence-electron chi connectivity index (χ4n) is 1.30. The number of benzene rings is 1. The van der Waals surface area contributed by atoms with E-state index < -0.39 is 0 Å². The van der Waals surface area contributed by atoms with Gasteiger partial charge in [-0.3, -0.25) is 4.79 Å². The maximum atomic E-state index is 11.7. The van der Waals surface area contributed by atoms with Crippen molar-refractivity contribution in [1.29, 1.82) is 0 Å². The fraction of sp³-hybridized carbons (Fsp3) is 0.364. The number of hydrogen-bond donors (Lipinski definition) is 0. The normalized spacial score (nSPS) is 10.2. The van der Waals surface area contributed by atoms with Crippen LogP contribution in [0.5, 0.6) is 0 Å². The Bertz CT molecular complexity index is 312. The van der Waals surface area contributed by atoms with Crippen molar-refractivity contribution in [3.8, 4) is 0 Å².